The molecular weight excluding hydrogens is 756 g/mol. The molecular formula is C42H76N2O14. The van der Waals surface area contributed by atoms with Gasteiger partial charge in [-0.05, 0) is 81.3 Å². The van der Waals surface area contributed by atoms with Crippen LogP contribution in [0.3, 0.4) is 0 Å². The number of hydrogen-bond donors (Lipinski definition) is 4. The van der Waals surface area contributed by atoms with Gasteiger partial charge in [0.05, 0.1) is 32.5 Å². The average molecular weight is 833 g/mol. The number of unbranched alkanes of at least 4 members (excludes halogenated alkanes) is 10. The highest BCUT2D eigenvalue weighted by molar-refractivity contribution is 5.01. The Bertz CT molecular complexity index is 1150. The van der Waals surface area contributed by atoms with Gasteiger partial charge in [0, 0.05) is 6.54 Å². The number of aliphatic hydroxyl groups excluding tert-OH is 2. The summed E-state index contributed by atoms with van der Waals surface area (Å²) in [4.78, 5) is 0. The van der Waals surface area contributed by atoms with Gasteiger partial charge in [-0.2, -0.15) is 0 Å². The van der Waals surface area contributed by atoms with E-state index in [2.05, 4.69) is 10.6 Å². The molecule has 6 fully saturated rings. The van der Waals surface area contributed by atoms with Crippen molar-refractivity contribution in [1.29, 1.82) is 0 Å². The molecule has 6 heterocycles. The maximum atomic E-state index is 10.5. The zero-order valence-corrected chi connectivity index (χ0v) is 36.4. The minimum absolute atomic E-state index is 0.158. The van der Waals surface area contributed by atoms with Crippen LogP contribution in [0.2, 0.25) is 0 Å². The first kappa shape index (κ1) is 46.9. The fourth-order valence-electron chi connectivity index (χ4n) is 8.89. The highest BCUT2D eigenvalue weighted by Crippen LogP contribution is 2.45. The van der Waals surface area contributed by atoms with Gasteiger partial charge in [0.2, 0.25) is 0 Å². The van der Waals surface area contributed by atoms with Gasteiger partial charge < -0.3 is 72.4 Å². The number of nitrogens with one attached hydrogen (secondary N) is 2. The van der Waals surface area contributed by atoms with Crippen molar-refractivity contribution in [2.24, 2.45) is 0 Å². The third kappa shape index (κ3) is 13.4. The minimum Gasteiger partial charge on any atom is -0.389 e. The van der Waals surface area contributed by atoms with Crippen molar-refractivity contribution < 1.29 is 67.1 Å². The molecule has 0 aliphatic carbocycles. The van der Waals surface area contributed by atoms with Gasteiger partial charge in [0.25, 0.3) is 0 Å². The van der Waals surface area contributed by atoms with E-state index >= 15 is 0 Å². The van der Waals surface area contributed by atoms with E-state index in [0.717, 1.165) is 32.4 Å². The summed E-state index contributed by atoms with van der Waals surface area (Å²) in [6.45, 7) is 18.0. The number of aliphatic hydroxyl groups is 2. The molecule has 16 heteroatoms. The van der Waals surface area contributed by atoms with Crippen LogP contribution in [0.5, 0.6) is 0 Å². The molecule has 6 saturated heterocycles. The van der Waals surface area contributed by atoms with E-state index in [4.69, 9.17) is 56.8 Å². The Morgan fingerprint density at radius 3 is 1.33 bits per heavy atom. The van der Waals surface area contributed by atoms with E-state index in [-0.39, 0.29) is 69.2 Å². The van der Waals surface area contributed by atoms with Gasteiger partial charge in [-0.1, -0.05) is 57.8 Å². The van der Waals surface area contributed by atoms with Crippen LogP contribution < -0.4 is 10.6 Å². The largest absolute Gasteiger partial charge is 0.389 e. The van der Waals surface area contributed by atoms with Crippen molar-refractivity contribution in [3.05, 3.63) is 0 Å². The molecule has 4 N–H and O–H groups in total. The van der Waals surface area contributed by atoms with Crippen LogP contribution in [-0.4, -0.2) is 153 Å². The molecule has 16 nitrogen and oxygen atoms in total. The van der Waals surface area contributed by atoms with Crippen molar-refractivity contribution in [2.45, 2.75) is 223 Å². The lowest BCUT2D eigenvalue weighted by molar-refractivity contribution is -0.244. The first-order chi connectivity index (χ1) is 27.5. The quantitative estimate of drug-likeness (QED) is 0.0768. The Morgan fingerprint density at radius 1 is 0.466 bits per heavy atom. The predicted molar refractivity (Wildman–Crippen MR) is 210 cm³/mol. The number of fused-ring (bicyclic) bond motifs is 6. The highest BCUT2D eigenvalue weighted by Gasteiger charge is 2.62. The number of ether oxygens (including phenoxy) is 12. The van der Waals surface area contributed by atoms with Gasteiger partial charge in [0.15, 0.2) is 35.7 Å². The molecule has 58 heavy (non-hydrogen) atoms. The van der Waals surface area contributed by atoms with E-state index in [9.17, 15) is 10.2 Å². The predicted octanol–water partition coefficient (Wildman–Crippen LogP) is 3.96. The standard InChI is InChI=1S/C42H76N2O14/c1-39(2)51-31-28(49-37-35(33(31)53-39)55-41(5,6)57-37)24-47-23-27(45)22-43-20-18-16-14-12-10-9-11-13-15-17-19-21-44-30(46)26-48-25-29-32-34(54-40(3,4)52-32)36-38(50-29)58-42(7,8)56-36/h27-38,43-46H,9-26H2,1-8H3/t27?,28?,29?,30?,31-,32-,33-,34-,35+,36+,37+,38+/m0/s1. The van der Waals surface area contributed by atoms with Gasteiger partial charge in [-0.3, -0.25) is 5.32 Å². The smallest absolute Gasteiger partial charge is 0.190 e. The lowest BCUT2D eigenvalue weighted by Gasteiger charge is -2.37. The van der Waals surface area contributed by atoms with Crippen molar-refractivity contribution >= 4 is 0 Å². The Morgan fingerprint density at radius 2 is 0.845 bits per heavy atom. The minimum atomic E-state index is -0.761. The molecule has 6 aliphatic rings. The van der Waals surface area contributed by atoms with E-state index in [1.54, 1.807) is 0 Å². The second-order valence-electron chi connectivity index (χ2n) is 18.7. The molecule has 0 spiro atoms. The summed E-state index contributed by atoms with van der Waals surface area (Å²) in [5, 5.41) is 27.4. The maximum Gasteiger partial charge on any atom is 0.190 e. The van der Waals surface area contributed by atoms with Crippen LogP contribution >= 0.6 is 0 Å². The molecule has 0 amide bonds. The van der Waals surface area contributed by atoms with Crippen molar-refractivity contribution in [1.82, 2.24) is 10.6 Å². The molecule has 0 bridgehead atoms. The zero-order valence-electron chi connectivity index (χ0n) is 36.4. The molecule has 6 rings (SSSR count). The highest BCUT2D eigenvalue weighted by atomic mass is 16.9. The molecule has 6 aliphatic heterocycles. The first-order valence-corrected chi connectivity index (χ1v) is 22.2. The van der Waals surface area contributed by atoms with E-state index in [0.29, 0.717) is 6.54 Å². The summed E-state index contributed by atoms with van der Waals surface area (Å²) >= 11 is 0. The third-order valence-electron chi connectivity index (χ3n) is 11.4. The fourth-order valence-corrected chi connectivity index (χ4v) is 8.89. The Kier molecular flexibility index (Phi) is 16.7. The van der Waals surface area contributed by atoms with Crippen LogP contribution in [0.25, 0.3) is 0 Å². The lowest BCUT2D eigenvalue weighted by atomic mass is 9.99. The second kappa shape index (κ2) is 20.7. The van der Waals surface area contributed by atoms with Crippen LogP contribution in [0, 0.1) is 0 Å². The molecule has 0 aromatic carbocycles. The van der Waals surface area contributed by atoms with Gasteiger partial charge in [-0.25, -0.2) is 0 Å². The molecule has 338 valence electrons. The van der Waals surface area contributed by atoms with Crippen molar-refractivity contribution in [2.75, 3.05) is 46.1 Å². The summed E-state index contributed by atoms with van der Waals surface area (Å²) in [6.07, 6.45) is 7.97. The topological polar surface area (TPSA) is 175 Å². The van der Waals surface area contributed by atoms with E-state index in [1.165, 1.54) is 51.4 Å². The van der Waals surface area contributed by atoms with E-state index in [1.807, 2.05) is 55.4 Å². The van der Waals surface area contributed by atoms with Gasteiger partial charge >= 0.3 is 0 Å². The molecule has 0 radical (unpaired) electrons. The molecule has 12 atom stereocenters. The molecule has 4 unspecified atom stereocenters. The van der Waals surface area contributed by atoms with Gasteiger partial charge in [-0.15, -0.1) is 0 Å². The van der Waals surface area contributed by atoms with Crippen LogP contribution in [0.4, 0.5) is 0 Å². The van der Waals surface area contributed by atoms with Crippen LogP contribution in [0.1, 0.15) is 126 Å². The molecule has 0 saturated carbocycles. The normalized spacial score (nSPS) is 36.3. The monoisotopic (exact) mass is 833 g/mol. The summed E-state index contributed by atoms with van der Waals surface area (Å²) in [5.74, 6) is -3.02. The molecule has 0 aromatic rings. The zero-order chi connectivity index (χ0) is 41.6. The lowest BCUT2D eigenvalue weighted by Crippen LogP contribution is -2.56. The van der Waals surface area contributed by atoms with Crippen molar-refractivity contribution in [3.8, 4) is 0 Å². The second-order valence-corrected chi connectivity index (χ2v) is 18.7. The van der Waals surface area contributed by atoms with Crippen molar-refractivity contribution in [3.63, 3.8) is 0 Å². The van der Waals surface area contributed by atoms with Gasteiger partial charge in [0.1, 0.15) is 55.1 Å². The van der Waals surface area contributed by atoms with Crippen LogP contribution in [-0.2, 0) is 56.8 Å². The summed E-state index contributed by atoms with van der Waals surface area (Å²) < 4.78 is 72.7. The Hall–Kier alpha value is -0.640. The maximum absolute atomic E-state index is 10.5. The van der Waals surface area contributed by atoms with E-state index < -0.39 is 54.2 Å². The average Bonchev–Trinajstić information content (AvgIpc) is 3.84. The third-order valence-corrected chi connectivity index (χ3v) is 11.4. The SMILES string of the molecule is CC1(C)O[C@H]2OC(COCC(O)CNCCCCCCCCCCCCCNC(O)COCC3O[C@@H]4OC(C)(C)O[C@@H]4[C@H]4OC(C)(C)O[C@@H]34)[C@@H]3OC(C)(C)O[C@@H]3[C@H]2O1. The summed E-state index contributed by atoms with van der Waals surface area (Å²) in [5.41, 5.74) is 0. The number of hydrogen-bond acceptors (Lipinski definition) is 16. The van der Waals surface area contributed by atoms with Crippen LogP contribution in [0.15, 0.2) is 0 Å². The summed E-state index contributed by atoms with van der Waals surface area (Å²) in [7, 11) is 0. The Labute approximate surface area is 346 Å². The molecule has 0 aromatic heterocycles. The first-order valence-electron chi connectivity index (χ1n) is 22.2. The summed E-state index contributed by atoms with van der Waals surface area (Å²) in [6, 6.07) is 0. The fraction of sp³-hybridized carbons (Fsp3) is 1.00. The Balaban J connectivity index is 0.692. The number of rotatable bonds is 25.